The summed E-state index contributed by atoms with van der Waals surface area (Å²) in [7, 11) is 0. The fraction of sp³-hybridized carbons (Fsp3) is 0.273. The van der Waals surface area contributed by atoms with Crippen LogP contribution in [0.15, 0.2) is 48.8 Å². The lowest BCUT2D eigenvalue weighted by atomic mass is 9.98. The van der Waals surface area contributed by atoms with Crippen LogP contribution in [0, 0.1) is 13.8 Å². The number of fused-ring (bicyclic) bond motifs is 1. The Kier molecular flexibility index (Phi) is 4.77. The van der Waals surface area contributed by atoms with Crippen LogP contribution in [-0.2, 0) is 19.5 Å². The maximum Gasteiger partial charge on any atom is 0.256 e. The highest BCUT2D eigenvalue weighted by atomic mass is 16.1. The van der Waals surface area contributed by atoms with Crippen molar-refractivity contribution in [3.8, 4) is 0 Å². The Labute approximate surface area is 159 Å². The van der Waals surface area contributed by atoms with Gasteiger partial charge < -0.3 is 15.2 Å². The Morgan fingerprint density at radius 2 is 2.07 bits per heavy atom. The minimum Gasteiger partial charge on any atom is -0.328 e. The number of anilines is 1. The molecule has 2 aromatic carbocycles. The quantitative estimate of drug-likeness (QED) is 0.749. The second-order valence-electron chi connectivity index (χ2n) is 7.16. The van der Waals surface area contributed by atoms with Gasteiger partial charge in [-0.2, -0.15) is 0 Å². The third kappa shape index (κ3) is 3.78. The van der Waals surface area contributed by atoms with E-state index < -0.39 is 0 Å². The lowest BCUT2D eigenvalue weighted by Crippen LogP contribution is -2.24. The Morgan fingerprint density at radius 3 is 2.93 bits per heavy atom. The third-order valence-corrected chi connectivity index (χ3v) is 5.12. The van der Waals surface area contributed by atoms with Gasteiger partial charge in [0.2, 0.25) is 0 Å². The summed E-state index contributed by atoms with van der Waals surface area (Å²) in [5.74, 6) is 0.507. The number of nitrogens with zero attached hydrogens (tertiary/aromatic N) is 2. The number of amides is 1. The molecule has 0 spiro atoms. The number of rotatable bonds is 4. The Hall–Kier alpha value is -2.92. The van der Waals surface area contributed by atoms with Crippen LogP contribution in [0.25, 0.3) is 0 Å². The summed E-state index contributed by atoms with van der Waals surface area (Å²) in [5.41, 5.74) is 6.62. The zero-order chi connectivity index (χ0) is 18.8. The summed E-state index contributed by atoms with van der Waals surface area (Å²) < 4.78 is 2.06. The first kappa shape index (κ1) is 17.5. The molecule has 5 nitrogen and oxygen atoms in total. The van der Waals surface area contributed by atoms with Crippen molar-refractivity contribution in [3.63, 3.8) is 0 Å². The van der Waals surface area contributed by atoms with Crippen LogP contribution in [0.1, 0.15) is 38.3 Å². The minimum atomic E-state index is -0.111. The summed E-state index contributed by atoms with van der Waals surface area (Å²) in [5, 5.41) is 6.31. The molecule has 0 saturated heterocycles. The molecule has 0 fully saturated rings. The van der Waals surface area contributed by atoms with Gasteiger partial charge in [0.1, 0.15) is 0 Å². The van der Waals surface area contributed by atoms with E-state index in [0.29, 0.717) is 11.4 Å². The van der Waals surface area contributed by atoms with Crippen LogP contribution in [-0.4, -0.2) is 22.0 Å². The van der Waals surface area contributed by atoms with E-state index in [1.807, 2.05) is 25.1 Å². The summed E-state index contributed by atoms with van der Waals surface area (Å²) in [6.45, 7) is 6.64. The molecule has 1 amide bonds. The van der Waals surface area contributed by atoms with Crippen molar-refractivity contribution >= 4 is 11.7 Å². The number of nitrogens with one attached hydrogen (secondary N) is 2. The van der Waals surface area contributed by atoms with Gasteiger partial charge in [-0.1, -0.05) is 35.9 Å². The highest BCUT2D eigenvalue weighted by Crippen LogP contribution is 2.19. The van der Waals surface area contributed by atoms with Gasteiger partial charge in [-0.3, -0.25) is 4.79 Å². The predicted molar refractivity (Wildman–Crippen MR) is 107 cm³/mol. The van der Waals surface area contributed by atoms with Crippen molar-refractivity contribution < 1.29 is 4.79 Å². The minimum absolute atomic E-state index is 0.111. The van der Waals surface area contributed by atoms with Gasteiger partial charge in [-0.15, -0.1) is 0 Å². The molecular formula is C22H24N4O. The third-order valence-electron chi connectivity index (χ3n) is 5.12. The number of hydrogen-bond donors (Lipinski definition) is 2. The normalized spacial score (nSPS) is 13.3. The average Bonchev–Trinajstić information content (AvgIpc) is 3.01. The first-order valence-electron chi connectivity index (χ1n) is 9.31. The van der Waals surface area contributed by atoms with Crippen molar-refractivity contribution in [2.24, 2.45) is 0 Å². The highest BCUT2D eigenvalue weighted by molar-refractivity contribution is 6.04. The molecule has 3 aromatic rings. The number of carbonyl (C=O) groups is 1. The van der Waals surface area contributed by atoms with Crippen molar-refractivity contribution in [1.29, 1.82) is 0 Å². The molecule has 2 N–H and O–H groups in total. The molecule has 1 aromatic heterocycles. The second-order valence-corrected chi connectivity index (χ2v) is 7.16. The molecule has 0 atom stereocenters. The lowest BCUT2D eigenvalue weighted by molar-refractivity contribution is 0.102. The van der Waals surface area contributed by atoms with Gasteiger partial charge in [0.25, 0.3) is 5.91 Å². The van der Waals surface area contributed by atoms with Crippen LogP contribution in [0.3, 0.4) is 0 Å². The Balaban J connectivity index is 1.50. The number of aromatic nitrogens is 2. The van der Waals surface area contributed by atoms with Gasteiger partial charge in [0.15, 0.2) is 5.82 Å². The molecule has 5 heteroatoms. The van der Waals surface area contributed by atoms with Crippen molar-refractivity contribution in [2.45, 2.75) is 33.4 Å². The predicted octanol–water partition coefficient (Wildman–Crippen LogP) is 3.45. The molecule has 1 aliphatic rings. The first-order valence-corrected chi connectivity index (χ1v) is 9.31. The molecule has 138 valence electrons. The summed E-state index contributed by atoms with van der Waals surface area (Å²) >= 11 is 0. The largest absolute Gasteiger partial charge is 0.328 e. The monoisotopic (exact) mass is 360 g/mol. The zero-order valence-corrected chi connectivity index (χ0v) is 15.7. The van der Waals surface area contributed by atoms with Crippen LogP contribution in [0.2, 0.25) is 0 Å². The highest BCUT2D eigenvalue weighted by Gasteiger charge is 2.15. The lowest BCUT2D eigenvalue weighted by Gasteiger charge is -2.17. The fourth-order valence-electron chi connectivity index (χ4n) is 3.53. The standard InChI is InChI=1S/C22H24N4O/c1-15-4-3-5-17(10-15)13-26-14-24-21(16(26)2)25-22(27)19-6-7-20-12-23-9-8-18(20)11-19/h3-7,10-11,14,23H,8-9,12-13H2,1-2H3,(H,25,27). The van der Waals surface area contributed by atoms with Gasteiger partial charge >= 0.3 is 0 Å². The van der Waals surface area contributed by atoms with Crippen molar-refractivity contribution in [3.05, 3.63) is 82.3 Å². The van der Waals surface area contributed by atoms with E-state index in [9.17, 15) is 4.79 Å². The molecule has 0 radical (unpaired) electrons. The van der Waals surface area contributed by atoms with Gasteiger partial charge in [-0.05, 0) is 55.6 Å². The van der Waals surface area contributed by atoms with Gasteiger partial charge in [0.05, 0.1) is 12.0 Å². The summed E-state index contributed by atoms with van der Waals surface area (Å²) in [4.78, 5) is 17.1. The van der Waals surface area contributed by atoms with Crippen LogP contribution < -0.4 is 10.6 Å². The molecule has 0 unspecified atom stereocenters. The topological polar surface area (TPSA) is 59.0 Å². The molecule has 0 aliphatic carbocycles. The molecule has 0 saturated carbocycles. The Morgan fingerprint density at radius 1 is 1.19 bits per heavy atom. The smallest absolute Gasteiger partial charge is 0.256 e. The van der Waals surface area contributed by atoms with E-state index in [0.717, 1.165) is 31.7 Å². The van der Waals surface area contributed by atoms with E-state index >= 15 is 0 Å². The van der Waals surface area contributed by atoms with Gasteiger partial charge in [0, 0.05) is 18.7 Å². The van der Waals surface area contributed by atoms with Crippen LogP contribution in [0.4, 0.5) is 5.82 Å². The Bertz CT molecular complexity index is 990. The van der Waals surface area contributed by atoms with Crippen molar-refractivity contribution in [2.75, 3.05) is 11.9 Å². The maximum absolute atomic E-state index is 12.7. The summed E-state index contributed by atoms with van der Waals surface area (Å²) in [6, 6.07) is 14.4. The fourth-order valence-corrected chi connectivity index (χ4v) is 3.53. The molecule has 1 aliphatic heterocycles. The van der Waals surface area contributed by atoms with E-state index in [-0.39, 0.29) is 5.91 Å². The second kappa shape index (κ2) is 7.37. The van der Waals surface area contributed by atoms with Crippen LogP contribution in [0.5, 0.6) is 0 Å². The summed E-state index contributed by atoms with van der Waals surface area (Å²) in [6.07, 6.45) is 2.74. The van der Waals surface area contributed by atoms with Crippen LogP contribution >= 0.6 is 0 Å². The number of benzene rings is 2. The van der Waals surface area contributed by atoms with Gasteiger partial charge in [-0.25, -0.2) is 4.98 Å². The zero-order valence-electron chi connectivity index (χ0n) is 15.7. The SMILES string of the molecule is Cc1cccc(Cn2cnc(NC(=O)c3ccc4c(c3)CCNC4)c2C)c1. The molecule has 27 heavy (non-hydrogen) atoms. The molecular weight excluding hydrogens is 336 g/mol. The van der Waals surface area contributed by atoms with E-state index in [1.54, 1.807) is 6.33 Å². The number of imidazole rings is 1. The number of aryl methyl sites for hydroxylation is 1. The van der Waals surface area contributed by atoms with E-state index in [1.165, 1.54) is 22.3 Å². The first-order chi connectivity index (χ1) is 13.1. The average molecular weight is 360 g/mol. The molecule has 4 rings (SSSR count). The van der Waals surface area contributed by atoms with E-state index in [2.05, 4.69) is 51.4 Å². The molecule has 2 heterocycles. The van der Waals surface area contributed by atoms with Crippen molar-refractivity contribution in [1.82, 2.24) is 14.9 Å². The molecule has 0 bridgehead atoms. The maximum atomic E-state index is 12.7. The number of carbonyl (C=O) groups excluding carboxylic acids is 1. The number of hydrogen-bond acceptors (Lipinski definition) is 3. The van der Waals surface area contributed by atoms with E-state index in [4.69, 9.17) is 0 Å².